The lowest BCUT2D eigenvalue weighted by molar-refractivity contribution is 0.0996. The van der Waals surface area contributed by atoms with Crippen LogP contribution < -0.4 is 0 Å². The quantitative estimate of drug-likeness (QED) is 0.555. The minimum Gasteiger partial charge on any atom is -0.293 e. The van der Waals surface area contributed by atoms with Crippen LogP contribution in [-0.4, -0.2) is 16.0 Å². The minimum absolute atomic E-state index is 0.0270. The number of nitrogens with zero attached hydrogens (tertiary/aromatic N) is 2. The number of hydrogen-bond donors (Lipinski definition) is 0. The summed E-state index contributed by atoms with van der Waals surface area (Å²) in [6.45, 7) is 5.51. The molecule has 15 heavy (non-hydrogen) atoms. The summed E-state index contributed by atoms with van der Waals surface area (Å²) in [7, 11) is 0. The Morgan fingerprint density at radius 3 is 2.80 bits per heavy atom. The first-order valence-electron chi connectivity index (χ1n) is 4.95. The fraction of sp³-hybridized carbons (Fsp3) is 0.417. The van der Waals surface area contributed by atoms with Crippen LogP contribution in [0.4, 0.5) is 0 Å². The van der Waals surface area contributed by atoms with Crippen LogP contribution >= 0.6 is 0 Å². The zero-order valence-electron chi connectivity index (χ0n) is 9.29. The van der Waals surface area contributed by atoms with Crippen molar-refractivity contribution < 1.29 is 4.79 Å². The van der Waals surface area contributed by atoms with E-state index in [1.54, 1.807) is 13.0 Å². The van der Waals surface area contributed by atoms with Crippen LogP contribution in [0.15, 0.2) is 6.07 Å². The van der Waals surface area contributed by atoms with Crippen LogP contribution in [-0.2, 0) is 6.42 Å². The highest BCUT2D eigenvalue weighted by Gasteiger charge is 2.11. The maximum absolute atomic E-state index is 11.8. The Morgan fingerprint density at radius 2 is 2.20 bits per heavy atom. The fourth-order valence-electron chi connectivity index (χ4n) is 1.28. The van der Waals surface area contributed by atoms with Gasteiger partial charge in [0.2, 0.25) is 0 Å². The van der Waals surface area contributed by atoms with Crippen molar-refractivity contribution in [1.29, 1.82) is 0 Å². The predicted octanol–water partition coefficient (Wildman–Crippen LogP) is 1.94. The zero-order chi connectivity index (χ0) is 11.3. The maximum atomic E-state index is 11.8. The Balaban J connectivity index is 3.03. The number of aromatic nitrogens is 2. The summed E-state index contributed by atoms with van der Waals surface area (Å²) >= 11 is 0. The number of aryl methyl sites for hydroxylation is 2. The Morgan fingerprint density at radius 1 is 1.47 bits per heavy atom. The van der Waals surface area contributed by atoms with Gasteiger partial charge in [-0.2, -0.15) is 10.2 Å². The summed E-state index contributed by atoms with van der Waals surface area (Å²) in [6.07, 6.45) is 0.975. The van der Waals surface area contributed by atoms with Crippen molar-refractivity contribution in [2.24, 2.45) is 0 Å². The van der Waals surface area contributed by atoms with Crippen LogP contribution in [0.25, 0.3) is 0 Å². The van der Waals surface area contributed by atoms with Gasteiger partial charge in [0.1, 0.15) is 0 Å². The second-order valence-electron chi connectivity index (χ2n) is 3.23. The number of carbonyl (C=O) groups is 1. The first-order valence-corrected chi connectivity index (χ1v) is 4.95. The van der Waals surface area contributed by atoms with Gasteiger partial charge in [0.05, 0.1) is 17.8 Å². The molecule has 3 heteroatoms. The summed E-state index contributed by atoms with van der Waals surface area (Å²) in [6, 6.07) is 1.78. The Bertz CT molecular complexity index is 427. The first-order chi connectivity index (χ1) is 7.19. The molecule has 1 heterocycles. The molecule has 0 saturated carbocycles. The van der Waals surface area contributed by atoms with Crippen molar-refractivity contribution in [2.45, 2.75) is 33.6 Å². The molecule has 0 saturated heterocycles. The zero-order valence-corrected chi connectivity index (χ0v) is 9.29. The molecule has 0 N–H and O–H groups in total. The molecule has 78 valence electrons. The summed E-state index contributed by atoms with van der Waals surface area (Å²) in [5, 5.41) is 7.94. The van der Waals surface area contributed by atoms with Gasteiger partial charge in [-0.1, -0.05) is 12.8 Å². The van der Waals surface area contributed by atoms with Crippen molar-refractivity contribution in [3.05, 3.63) is 23.0 Å². The molecule has 0 unspecified atom stereocenters. The van der Waals surface area contributed by atoms with Crippen LogP contribution in [0, 0.1) is 18.8 Å². The lowest BCUT2D eigenvalue weighted by Gasteiger charge is -2.03. The molecule has 0 aliphatic carbocycles. The van der Waals surface area contributed by atoms with Gasteiger partial charge in [0.25, 0.3) is 0 Å². The molecule has 3 nitrogen and oxygen atoms in total. The lowest BCUT2D eigenvalue weighted by Crippen LogP contribution is -2.07. The van der Waals surface area contributed by atoms with Gasteiger partial charge in [-0.25, -0.2) is 0 Å². The van der Waals surface area contributed by atoms with E-state index in [9.17, 15) is 4.79 Å². The first kappa shape index (κ1) is 11.4. The largest absolute Gasteiger partial charge is 0.293 e. The predicted molar refractivity (Wildman–Crippen MR) is 58.5 cm³/mol. The topological polar surface area (TPSA) is 42.9 Å². The number of ketones is 1. The molecule has 0 amide bonds. The third-order valence-electron chi connectivity index (χ3n) is 2.05. The van der Waals surface area contributed by atoms with Gasteiger partial charge in [-0.3, -0.25) is 4.79 Å². The smallest absolute Gasteiger partial charge is 0.176 e. The minimum atomic E-state index is 0.0270. The van der Waals surface area contributed by atoms with Crippen LogP contribution in [0.5, 0.6) is 0 Å². The Labute approximate surface area is 89.9 Å². The number of hydrogen-bond acceptors (Lipinski definition) is 3. The van der Waals surface area contributed by atoms with E-state index in [4.69, 9.17) is 0 Å². The van der Waals surface area contributed by atoms with Gasteiger partial charge >= 0.3 is 0 Å². The van der Waals surface area contributed by atoms with Gasteiger partial charge < -0.3 is 0 Å². The van der Waals surface area contributed by atoms with Gasteiger partial charge in [0.15, 0.2) is 5.78 Å². The molecule has 0 aromatic carbocycles. The third kappa shape index (κ3) is 2.88. The van der Waals surface area contributed by atoms with E-state index in [2.05, 4.69) is 22.0 Å². The second kappa shape index (κ2) is 5.26. The highest BCUT2D eigenvalue weighted by atomic mass is 16.1. The Hall–Kier alpha value is -1.69. The standard InChI is InChI=1S/C12H14N2O/c1-4-6-7-12(15)10-8-9(3)13-14-11(10)5-2/h8H,5,7H2,1-3H3. The molecule has 0 aliphatic heterocycles. The fourth-order valence-corrected chi connectivity index (χ4v) is 1.28. The van der Waals surface area contributed by atoms with Gasteiger partial charge in [-0.05, 0) is 26.3 Å². The average Bonchev–Trinajstić information content (AvgIpc) is 2.25. The molecule has 1 rings (SSSR count). The molecule has 1 aromatic rings. The van der Waals surface area contributed by atoms with E-state index in [1.165, 1.54) is 0 Å². The summed E-state index contributed by atoms with van der Waals surface area (Å²) in [5.41, 5.74) is 2.18. The van der Waals surface area contributed by atoms with Crippen LogP contribution in [0.1, 0.15) is 42.0 Å². The molecule has 1 aromatic heterocycles. The van der Waals surface area contributed by atoms with E-state index < -0.39 is 0 Å². The molecule has 0 aliphatic rings. The van der Waals surface area contributed by atoms with Crippen molar-refractivity contribution in [3.8, 4) is 11.8 Å². The second-order valence-corrected chi connectivity index (χ2v) is 3.23. The lowest BCUT2D eigenvalue weighted by atomic mass is 10.1. The van der Waals surface area contributed by atoms with Gasteiger partial charge in [-0.15, -0.1) is 5.92 Å². The molecule has 0 bridgehead atoms. The normalized spacial score (nSPS) is 9.27. The summed E-state index contributed by atoms with van der Waals surface area (Å²) in [5.74, 6) is 5.51. The van der Waals surface area contributed by atoms with Crippen molar-refractivity contribution >= 4 is 5.78 Å². The van der Waals surface area contributed by atoms with Crippen molar-refractivity contribution in [1.82, 2.24) is 10.2 Å². The van der Waals surface area contributed by atoms with Gasteiger partial charge in [0, 0.05) is 5.56 Å². The number of carbonyl (C=O) groups excluding carboxylic acids is 1. The molecular weight excluding hydrogens is 188 g/mol. The van der Waals surface area contributed by atoms with E-state index >= 15 is 0 Å². The molecule has 0 fully saturated rings. The summed E-state index contributed by atoms with van der Waals surface area (Å²) in [4.78, 5) is 11.8. The highest BCUT2D eigenvalue weighted by Crippen LogP contribution is 2.09. The molecule has 0 radical (unpaired) electrons. The van der Waals surface area contributed by atoms with E-state index in [1.807, 2.05) is 13.8 Å². The third-order valence-corrected chi connectivity index (χ3v) is 2.05. The monoisotopic (exact) mass is 202 g/mol. The average molecular weight is 202 g/mol. The van der Waals surface area contributed by atoms with Crippen molar-refractivity contribution in [2.75, 3.05) is 0 Å². The maximum Gasteiger partial charge on any atom is 0.176 e. The van der Waals surface area contributed by atoms with Crippen molar-refractivity contribution in [3.63, 3.8) is 0 Å². The van der Waals surface area contributed by atoms with E-state index in [0.29, 0.717) is 12.0 Å². The van der Waals surface area contributed by atoms with E-state index in [0.717, 1.165) is 11.4 Å². The van der Waals surface area contributed by atoms with E-state index in [-0.39, 0.29) is 12.2 Å². The molecule has 0 spiro atoms. The van der Waals surface area contributed by atoms with Crippen LogP contribution in [0.3, 0.4) is 0 Å². The number of Topliss-reactive ketones (excluding diaryl/α,β-unsaturated/α-hetero) is 1. The van der Waals surface area contributed by atoms with Crippen LogP contribution in [0.2, 0.25) is 0 Å². The SMILES string of the molecule is CC#CCC(=O)c1cc(C)nnc1CC. The highest BCUT2D eigenvalue weighted by molar-refractivity contribution is 5.98. The number of rotatable bonds is 3. The molecular formula is C12H14N2O. The summed E-state index contributed by atoms with van der Waals surface area (Å²) < 4.78 is 0. The Kier molecular flexibility index (Phi) is 3.99. The molecule has 0 atom stereocenters.